The van der Waals surface area contributed by atoms with Crippen LogP contribution in [0.3, 0.4) is 0 Å². The number of halogens is 3. The number of nitrogens with one attached hydrogen (secondary N) is 1. The maximum atomic E-state index is 12.7. The Hall–Kier alpha value is -2.28. The third kappa shape index (κ3) is 4.18. The highest BCUT2D eigenvalue weighted by Gasteiger charge is 2.39. The number of imide groups is 1. The van der Waals surface area contributed by atoms with E-state index in [0.29, 0.717) is 16.9 Å². The summed E-state index contributed by atoms with van der Waals surface area (Å²) in [5.41, 5.74) is 1.35. The quantitative estimate of drug-likeness (QED) is 0.556. The van der Waals surface area contributed by atoms with Gasteiger partial charge in [-0.2, -0.15) is 0 Å². The lowest BCUT2D eigenvalue weighted by Gasteiger charge is -2.17. The van der Waals surface area contributed by atoms with Crippen LogP contribution in [0.5, 0.6) is 0 Å². The Morgan fingerprint density at radius 3 is 2.33 bits per heavy atom. The third-order valence-electron chi connectivity index (χ3n) is 4.04. The lowest BCUT2D eigenvalue weighted by molar-refractivity contribution is -0.136. The normalized spacial score (nSPS) is 16.7. The van der Waals surface area contributed by atoms with Crippen LogP contribution < -0.4 is 10.2 Å². The Labute approximate surface area is 169 Å². The van der Waals surface area contributed by atoms with Crippen molar-refractivity contribution in [3.05, 3.63) is 57.0 Å². The first-order chi connectivity index (χ1) is 12.8. The number of carbonyl (C=O) groups excluding carboxylic acids is 2. The van der Waals surface area contributed by atoms with E-state index in [1.807, 2.05) is 0 Å². The zero-order valence-corrected chi connectivity index (χ0v) is 16.0. The Bertz CT molecular complexity index is 931. The van der Waals surface area contributed by atoms with E-state index in [9.17, 15) is 14.4 Å². The second kappa shape index (κ2) is 7.76. The fourth-order valence-electron chi connectivity index (χ4n) is 2.77. The maximum absolute atomic E-state index is 12.7. The van der Waals surface area contributed by atoms with Gasteiger partial charge in [-0.05, 0) is 29.8 Å². The van der Waals surface area contributed by atoms with Gasteiger partial charge in [-0.15, -0.1) is 0 Å². The van der Waals surface area contributed by atoms with Crippen LogP contribution in [-0.4, -0.2) is 28.9 Å². The minimum atomic E-state index is -0.959. The number of carbonyl (C=O) groups is 3. The Balaban J connectivity index is 1.79. The van der Waals surface area contributed by atoms with Crippen molar-refractivity contribution < 1.29 is 19.5 Å². The molecule has 1 aliphatic rings. The van der Waals surface area contributed by atoms with Gasteiger partial charge in [-0.25, -0.2) is 4.90 Å². The highest BCUT2D eigenvalue weighted by molar-refractivity contribution is 6.44. The third-order valence-corrected chi connectivity index (χ3v) is 5.07. The molecule has 27 heavy (non-hydrogen) atoms. The second-order valence-electron chi connectivity index (χ2n) is 5.95. The van der Waals surface area contributed by atoms with Gasteiger partial charge in [0.05, 0.1) is 39.3 Å². The van der Waals surface area contributed by atoms with Crippen molar-refractivity contribution in [1.82, 2.24) is 0 Å². The molecule has 3 rings (SSSR count). The predicted molar refractivity (Wildman–Crippen MR) is 104 cm³/mol. The van der Waals surface area contributed by atoms with Crippen molar-refractivity contribution in [1.29, 1.82) is 0 Å². The van der Waals surface area contributed by atoms with E-state index in [0.717, 1.165) is 4.90 Å². The Morgan fingerprint density at radius 2 is 1.70 bits per heavy atom. The largest absolute Gasteiger partial charge is 0.481 e. The monoisotopic (exact) mass is 426 g/mol. The number of rotatable bonds is 5. The van der Waals surface area contributed by atoms with E-state index >= 15 is 0 Å². The summed E-state index contributed by atoms with van der Waals surface area (Å²) in [7, 11) is 0. The van der Waals surface area contributed by atoms with E-state index < -0.39 is 17.9 Å². The number of benzene rings is 2. The van der Waals surface area contributed by atoms with Crippen LogP contribution in [0.15, 0.2) is 36.4 Å². The lowest BCUT2D eigenvalue weighted by Crippen LogP contribution is -2.34. The summed E-state index contributed by atoms with van der Waals surface area (Å²) in [6.45, 7) is 0. The van der Waals surface area contributed by atoms with Crippen molar-refractivity contribution in [2.24, 2.45) is 0 Å². The van der Waals surface area contributed by atoms with Gasteiger partial charge in [0.1, 0.15) is 6.04 Å². The second-order valence-corrected chi connectivity index (χ2v) is 7.17. The summed E-state index contributed by atoms with van der Waals surface area (Å²) in [5.74, 6) is -1.77. The molecular formula is C18H13Cl3N2O4. The number of carboxylic acids is 1. The number of hydrogen-bond donors (Lipinski definition) is 2. The van der Waals surface area contributed by atoms with Crippen molar-refractivity contribution in [2.45, 2.75) is 18.9 Å². The molecule has 0 aliphatic carbocycles. The molecular weight excluding hydrogens is 415 g/mol. The summed E-state index contributed by atoms with van der Waals surface area (Å²) in [4.78, 5) is 36.8. The van der Waals surface area contributed by atoms with Gasteiger partial charge < -0.3 is 10.4 Å². The zero-order chi connectivity index (χ0) is 19.7. The van der Waals surface area contributed by atoms with Crippen LogP contribution in [0.1, 0.15) is 12.0 Å². The predicted octanol–water partition coefficient (Wildman–Crippen LogP) is 4.02. The minimum Gasteiger partial charge on any atom is -0.481 e. The molecule has 0 radical (unpaired) electrons. The molecule has 2 aromatic rings. The molecule has 0 bridgehead atoms. The fourth-order valence-corrected chi connectivity index (χ4v) is 3.38. The van der Waals surface area contributed by atoms with Gasteiger partial charge in [0.15, 0.2) is 0 Å². The van der Waals surface area contributed by atoms with Gasteiger partial charge >= 0.3 is 5.97 Å². The van der Waals surface area contributed by atoms with Crippen molar-refractivity contribution in [3.63, 3.8) is 0 Å². The van der Waals surface area contributed by atoms with Crippen molar-refractivity contribution in [2.75, 3.05) is 10.2 Å². The first kappa shape index (κ1) is 19.5. The fraction of sp³-hybridized carbons (Fsp3) is 0.167. The highest BCUT2D eigenvalue weighted by Crippen LogP contribution is 2.34. The van der Waals surface area contributed by atoms with E-state index in [1.165, 1.54) is 12.1 Å². The van der Waals surface area contributed by atoms with Crippen LogP contribution in [0.25, 0.3) is 0 Å². The van der Waals surface area contributed by atoms with E-state index in [1.54, 1.807) is 24.3 Å². The van der Waals surface area contributed by atoms with Gasteiger partial charge in [0.2, 0.25) is 5.91 Å². The minimum absolute atomic E-state index is 0.0493. The van der Waals surface area contributed by atoms with Crippen LogP contribution in [0, 0.1) is 0 Å². The summed E-state index contributed by atoms with van der Waals surface area (Å²) in [5, 5.41) is 12.6. The topological polar surface area (TPSA) is 86.7 Å². The molecule has 2 amide bonds. The number of anilines is 2. The summed E-state index contributed by atoms with van der Waals surface area (Å²) in [6, 6.07) is 8.37. The molecule has 1 fully saturated rings. The van der Waals surface area contributed by atoms with Crippen LogP contribution in [0.4, 0.5) is 11.4 Å². The number of aliphatic carboxylic acids is 1. The summed E-state index contributed by atoms with van der Waals surface area (Å²) < 4.78 is 0. The van der Waals surface area contributed by atoms with Crippen LogP contribution in [0.2, 0.25) is 15.1 Å². The van der Waals surface area contributed by atoms with Crippen LogP contribution in [-0.2, 0) is 20.8 Å². The number of carboxylic acid groups (broad SMARTS) is 1. The molecule has 1 heterocycles. The van der Waals surface area contributed by atoms with Gasteiger partial charge in [-0.3, -0.25) is 14.4 Å². The molecule has 2 aromatic carbocycles. The molecule has 1 aliphatic heterocycles. The highest BCUT2D eigenvalue weighted by atomic mass is 35.5. The molecule has 6 nitrogen and oxygen atoms in total. The molecule has 0 saturated carbocycles. The summed E-state index contributed by atoms with van der Waals surface area (Å²) in [6.07, 6.45) is -0.186. The Kier molecular flexibility index (Phi) is 5.60. The average Bonchev–Trinajstić information content (AvgIpc) is 2.87. The van der Waals surface area contributed by atoms with Crippen LogP contribution >= 0.6 is 34.8 Å². The van der Waals surface area contributed by atoms with E-state index in [2.05, 4.69) is 5.32 Å². The van der Waals surface area contributed by atoms with Gasteiger partial charge in [0, 0.05) is 0 Å². The molecule has 9 heteroatoms. The molecule has 1 atom stereocenters. The number of amides is 2. The first-order valence-electron chi connectivity index (χ1n) is 7.85. The molecule has 2 N–H and O–H groups in total. The van der Waals surface area contributed by atoms with E-state index in [4.69, 9.17) is 39.9 Å². The van der Waals surface area contributed by atoms with Gasteiger partial charge in [-0.1, -0.05) is 46.9 Å². The first-order valence-corrected chi connectivity index (χ1v) is 8.98. The zero-order valence-electron chi connectivity index (χ0n) is 13.7. The smallest absolute Gasteiger partial charge is 0.307 e. The van der Waals surface area contributed by atoms with E-state index in [-0.39, 0.29) is 33.8 Å². The standard InChI is InChI=1S/C18H13Cl3N2O4/c19-11-6-13(21)14(7-12(11)20)22-15-8-16(24)23(18(15)27)10-3-1-9(2-4-10)5-17(25)26/h1-4,6-7,15,22H,5,8H2,(H,25,26). The molecule has 1 unspecified atom stereocenters. The molecule has 1 saturated heterocycles. The number of nitrogens with zero attached hydrogens (tertiary/aromatic N) is 1. The average molecular weight is 428 g/mol. The maximum Gasteiger partial charge on any atom is 0.307 e. The number of hydrogen-bond acceptors (Lipinski definition) is 4. The van der Waals surface area contributed by atoms with Crippen molar-refractivity contribution in [3.8, 4) is 0 Å². The molecule has 140 valence electrons. The Morgan fingerprint density at radius 1 is 1.07 bits per heavy atom. The molecule has 0 aromatic heterocycles. The van der Waals surface area contributed by atoms with Gasteiger partial charge in [0.25, 0.3) is 5.91 Å². The lowest BCUT2D eigenvalue weighted by atomic mass is 10.1. The SMILES string of the molecule is O=C(O)Cc1ccc(N2C(=O)CC(Nc3cc(Cl)c(Cl)cc3Cl)C2=O)cc1. The molecule has 0 spiro atoms. The van der Waals surface area contributed by atoms with Crippen molar-refractivity contribution >= 4 is 64.0 Å². The summed E-state index contributed by atoms with van der Waals surface area (Å²) >= 11 is 18.0.